The number of thiazole rings is 1. The summed E-state index contributed by atoms with van der Waals surface area (Å²) < 4.78 is 16.2. The number of nitrogens with zero attached hydrogens (tertiary/aromatic N) is 3. The van der Waals surface area contributed by atoms with Crippen LogP contribution >= 0.6 is 11.3 Å². The van der Waals surface area contributed by atoms with Gasteiger partial charge in [0.15, 0.2) is 11.5 Å². The van der Waals surface area contributed by atoms with Crippen LogP contribution in [0.4, 0.5) is 0 Å². The van der Waals surface area contributed by atoms with Gasteiger partial charge in [-0.05, 0) is 54.0 Å². The third-order valence-electron chi connectivity index (χ3n) is 7.60. The molecule has 0 spiro atoms. The third-order valence-corrected chi connectivity index (χ3v) is 8.43. The van der Waals surface area contributed by atoms with Gasteiger partial charge in [0, 0.05) is 31.6 Å². The molecule has 0 N–H and O–H groups in total. The van der Waals surface area contributed by atoms with Crippen LogP contribution in [-0.2, 0) is 34.6 Å². The van der Waals surface area contributed by atoms with Gasteiger partial charge in [-0.15, -0.1) is 11.3 Å². The fourth-order valence-corrected chi connectivity index (χ4v) is 6.06. The summed E-state index contributed by atoms with van der Waals surface area (Å²) in [7, 11) is 0. The van der Waals surface area contributed by atoms with Crippen molar-refractivity contribution in [1.82, 2.24) is 14.8 Å². The van der Waals surface area contributed by atoms with E-state index < -0.39 is 0 Å². The number of hydrogen-bond donors (Lipinski definition) is 0. The Morgan fingerprint density at radius 2 is 1.68 bits per heavy atom. The summed E-state index contributed by atoms with van der Waals surface area (Å²) in [6.45, 7) is 12.2. The van der Waals surface area contributed by atoms with Gasteiger partial charge in [-0.2, -0.15) is 0 Å². The number of likely N-dealkylation sites (tertiary alicyclic amines) is 1. The molecule has 3 heterocycles. The van der Waals surface area contributed by atoms with Crippen molar-refractivity contribution in [3.05, 3.63) is 75.2 Å². The number of esters is 1. The Hall–Kier alpha value is -3.43. The van der Waals surface area contributed by atoms with E-state index in [4.69, 9.17) is 19.2 Å². The van der Waals surface area contributed by atoms with Crippen molar-refractivity contribution in [2.45, 2.75) is 65.6 Å². The minimum Gasteiger partial charge on any atom is -0.466 e. The number of carbonyl (C=O) groups excluding carboxylic acids is 2. The lowest BCUT2D eigenvalue weighted by Crippen LogP contribution is -2.40. The van der Waals surface area contributed by atoms with Gasteiger partial charge < -0.3 is 19.1 Å². The average Bonchev–Trinajstić information content (AvgIpc) is 3.62. The maximum absolute atomic E-state index is 13.2. The van der Waals surface area contributed by atoms with E-state index in [0.717, 1.165) is 28.6 Å². The van der Waals surface area contributed by atoms with E-state index in [1.165, 1.54) is 22.5 Å². The van der Waals surface area contributed by atoms with Gasteiger partial charge in [-0.25, -0.2) is 4.98 Å². The highest BCUT2D eigenvalue weighted by Gasteiger charge is 2.29. The summed E-state index contributed by atoms with van der Waals surface area (Å²) in [5.41, 5.74) is 4.21. The number of hydrogen-bond acceptors (Lipinski definition) is 8. The summed E-state index contributed by atoms with van der Waals surface area (Å²) in [6, 6.07) is 14.9. The smallest absolute Gasteiger partial charge is 0.309 e. The fourth-order valence-electron chi connectivity index (χ4n) is 5.25. The van der Waals surface area contributed by atoms with Crippen molar-refractivity contribution < 1.29 is 23.8 Å². The number of carbonyl (C=O) groups is 2. The molecular formula is C32H39N3O5S. The van der Waals surface area contributed by atoms with Gasteiger partial charge in [0.1, 0.15) is 10.7 Å². The molecule has 8 nitrogen and oxygen atoms in total. The molecule has 0 atom stereocenters. The molecule has 1 saturated heterocycles. The average molecular weight is 578 g/mol. The van der Waals surface area contributed by atoms with Gasteiger partial charge in [0.2, 0.25) is 6.79 Å². The molecule has 0 aliphatic carbocycles. The number of piperidine rings is 1. The molecule has 41 heavy (non-hydrogen) atoms. The maximum atomic E-state index is 13.2. The minimum absolute atomic E-state index is 0.0742. The van der Waals surface area contributed by atoms with E-state index in [-0.39, 0.29) is 30.0 Å². The SMILES string of the molecule is CCOC(=O)C1CCN(C(=O)c2csc(CN(Cc3ccc(C(C)(C)C)cc3)Cc3ccc4c(c3)OCO4)n2)CC1. The van der Waals surface area contributed by atoms with Crippen molar-refractivity contribution in [3.8, 4) is 11.5 Å². The van der Waals surface area contributed by atoms with Gasteiger partial charge in [0.25, 0.3) is 5.91 Å². The second kappa shape index (κ2) is 12.6. The lowest BCUT2D eigenvalue weighted by Gasteiger charge is -2.30. The van der Waals surface area contributed by atoms with Crippen LogP contribution in [0.3, 0.4) is 0 Å². The van der Waals surface area contributed by atoms with Crippen LogP contribution in [0.2, 0.25) is 0 Å². The lowest BCUT2D eigenvalue weighted by molar-refractivity contribution is -0.149. The second-order valence-corrected chi connectivity index (χ2v) is 12.7. The summed E-state index contributed by atoms with van der Waals surface area (Å²) >= 11 is 1.51. The molecule has 5 rings (SSSR count). The Morgan fingerprint density at radius 1 is 1.00 bits per heavy atom. The van der Waals surface area contributed by atoms with E-state index in [2.05, 4.69) is 56.0 Å². The molecule has 2 aliphatic rings. The van der Waals surface area contributed by atoms with Crippen molar-refractivity contribution in [1.29, 1.82) is 0 Å². The summed E-state index contributed by atoms with van der Waals surface area (Å²) in [5.74, 6) is 1.17. The van der Waals surface area contributed by atoms with Crippen LogP contribution < -0.4 is 9.47 Å². The summed E-state index contributed by atoms with van der Waals surface area (Å²) in [5, 5.41) is 2.74. The zero-order valence-electron chi connectivity index (χ0n) is 24.4. The Kier molecular flexibility index (Phi) is 8.94. The topological polar surface area (TPSA) is 81.2 Å². The van der Waals surface area contributed by atoms with Gasteiger partial charge in [-0.1, -0.05) is 51.1 Å². The van der Waals surface area contributed by atoms with Crippen LogP contribution in [0.5, 0.6) is 11.5 Å². The van der Waals surface area contributed by atoms with Crippen molar-refractivity contribution in [3.63, 3.8) is 0 Å². The Balaban J connectivity index is 1.27. The second-order valence-electron chi connectivity index (χ2n) is 11.7. The zero-order valence-corrected chi connectivity index (χ0v) is 25.2. The first kappa shape index (κ1) is 29.1. The fraction of sp³-hybridized carbons (Fsp3) is 0.469. The van der Waals surface area contributed by atoms with Crippen molar-refractivity contribution >= 4 is 23.2 Å². The molecule has 1 amide bonds. The highest BCUT2D eigenvalue weighted by molar-refractivity contribution is 7.09. The van der Waals surface area contributed by atoms with Crippen LogP contribution in [0.1, 0.15) is 72.7 Å². The molecule has 1 fully saturated rings. The molecule has 1 aromatic heterocycles. The molecule has 0 saturated carbocycles. The zero-order chi connectivity index (χ0) is 29.0. The monoisotopic (exact) mass is 577 g/mol. The summed E-state index contributed by atoms with van der Waals surface area (Å²) in [4.78, 5) is 34.2. The minimum atomic E-state index is -0.161. The van der Waals surface area contributed by atoms with Gasteiger partial charge in [-0.3, -0.25) is 14.5 Å². The first-order chi connectivity index (χ1) is 19.7. The predicted molar refractivity (Wildman–Crippen MR) is 158 cm³/mol. The largest absolute Gasteiger partial charge is 0.466 e. The highest BCUT2D eigenvalue weighted by atomic mass is 32.1. The van der Waals surface area contributed by atoms with Crippen LogP contribution in [0.15, 0.2) is 47.8 Å². The first-order valence-corrected chi connectivity index (χ1v) is 15.2. The Labute approximate surface area is 246 Å². The van der Waals surface area contributed by atoms with Crippen LogP contribution in [0.25, 0.3) is 0 Å². The maximum Gasteiger partial charge on any atom is 0.309 e. The van der Waals surface area contributed by atoms with Gasteiger partial charge >= 0.3 is 5.97 Å². The van der Waals surface area contributed by atoms with Crippen molar-refractivity contribution in [2.75, 3.05) is 26.5 Å². The lowest BCUT2D eigenvalue weighted by atomic mass is 9.87. The molecule has 9 heteroatoms. The normalized spacial score (nSPS) is 15.4. The number of aromatic nitrogens is 1. The predicted octanol–water partition coefficient (Wildman–Crippen LogP) is 5.79. The Bertz CT molecular complexity index is 1360. The van der Waals surface area contributed by atoms with Crippen LogP contribution in [-0.4, -0.2) is 53.1 Å². The Morgan fingerprint density at radius 3 is 2.39 bits per heavy atom. The van der Waals surface area contributed by atoms with E-state index >= 15 is 0 Å². The quantitative estimate of drug-likeness (QED) is 0.298. The summed E-state index contributed by atoms with van der Waals surface area (Å²) in [6.07, 6.45) is 1.25. The molecule has 0 bridgehead atoms. The van der Waals surface area contributed by atoms with E-state index in [0.29, 0.717) is 51.3 Å². The van der Waals surface area contributed by atoms with E-state index in [1.807, 2.05) is 24.4 Å². The van der Waals surface area contributed by atoms with Crippen LogP contribution in [0, 0.1) is 5.92 Å². The number of benzene rings is 2. The molecule has 0 radical (unpaired) electrons. The first-order valence-electron chi connectivity index (χ1n) is 14.3. The standard InChI is InChI=1S/C32H39N3O5S/c1-5-38-31(37)24-12-14-35(15-13-24)30(36)26-20-41-29(33-26)19-34(17-22-6-9-25(10-7-22)32(2,3)4)18-23-8-11-27-28(16-23)40-21-39-27/h6-11,16,20,24H,5,12-15,17-19,21H2,1-4H3. The molecule has 2 aliphatic heterocycles. The van der Waals surface area contributed by atoms with E-state index in [9.17, 15) is 9.59 Å². The molecule has 2 aromatic carbocycles. The number of rotatable bonds is 9. The number of amides is 1. The molecule has 0 unspecified atom stereocenters. The van der Waals surface area contributed by atoms with Gasteiger partial charge in [0.05, 0.1) is 19.1 Å². The molecular weight excluding hydrogens is 538 g/mol. The van der Waals surface area contributed by atoms with Crippen molar-refractivity contribution in [2.24, 2.45) is 5.92 Å². The highest BCUT2D eigenvalue weighted by Crippen LogP contribution is 2.33. The number of ether oxygens (including phenoxy) is 3. The number of fused-ring (bicyclic) bond motifs is 1. The third kappa shape index (κ3) is 7.26. The molecule has 218 valence electrons. The molecule has 3 aromatic rings. The van der Waals surface area contributed by atoms with E-state index in [1.54, 1.807) is 4.90 Å².